The van der Waals surface area contributed by atoms with Gasteiger partial charge in [0.05, 0.1) is 16.9 Å². The second-order valence-electron chi connectivity index (χ2n) is 7.99. The maximum absolute atomic E-state index is 4.89. The van der Waals surface area contributed by atoms with Crippen molar-refractivity contribution in [2.75, 3.05) is 31.1 Å². The molecule has 0 bridgehead atoms. The maximum Gasteiger partial charge on any atom is 0.123 e. The molecule has 4 nitrogen and oxygen atoms in total. The lowest BCUT2D eigenvalue weighted by Crippen LogP contribution is -2.30. The SMILES string of the molecule is Cc1cc(N2CCCN(Cc3csc(-c4ccccc4)n3)CC2)c2ncccc2c1. The van der Waals surface area contributed by atoms with E-state index in [0.29, 0.717) is 0 Å². The molecule has 1 fully saturated rings. The van der Waals surface area contributed by atoms with E-state index in [-0.39, 0.29) is 0 Å². The Balaban J connectivity index is 1.29. The molecule has 3 heterocycles. The first-order valence-corrected chi connectivity index (χ1v) is 11.5. The van der Waals surface area contributed by atoms with Gasteiger partial charge in [0.2, 0.25) is 0 Å². The molecular formula is C25H26N4S. The molecule has 2 aromatic heterocycles. The zero-order chi connectivity index (χ0) is 20.3. The average Bonchev–Trinajstić information content (AvgIpc) is 3.12. The van der Waals surface area contributed by atoms with Crippen LogP contribution in [-0.4, -0.2) is 41.0 Å². The first-order chi connectivity index (χ1) is 14.8. The first-order valence-electron chi connectivity index (χ1n) is 10.6. The molecule has 5 rings (SSSR count). The van der Waals surface area contributed by atoms with E-state index in [4.69, 9.17) is 4.98 Å². The Hall–Kier alpha value is -2.76. The number of nitrogens with zero attached hydrogens (tertiary/aromatic N) is 4. The summed E-state index contributed by atoms with van der Waals surface area (Å²) in [6, 6.07) is 19.2. The Kier molecular flexibility index (Phi) is 5.47. The lowest BCUT2D eigenvalue weighted by Gasteiger charge is -2.25. The molecule has 4 aromatic rings. The van der Waals surface area contributed by atoms with Crippen LogP contribution in [0.2, 0.25) is 0 Å². The van der Waals surface area contributed by atoms with Gasteiger partial charge in [0.15, 0.2) is 0 Å². The Morgan fingerprint density at radius 2 is 1.87 bits per heavy atom. The van der Waals surface area contributed by atoms with Gasteiger partial charge in [-0.15, -0.1) is 11.3 Å². The molecule has 0 saturated carbocycles. The van der Waals surface area contributed by atoms with Crippen LogP contribution in [0, 0.1) is 6.92 Å². The van der Waals surface area contributed by atoms with Crippen molar-refractivity contribution in [3.63, 3.8) is 0 Å². The topological polar surface area (TPSA) is 32.3 Å². The molecule has 0 spiro atoms. The fourth-order valence-corrected chi connectivity index (χ4v) is 5.07. The van der Waals surface area contributed by atoms with Gasteiger partial charge < -0.3 is 4.90 Å². The van der Waals surface area contributed by atoms with Gasteiger partial charge in [0.25, 0.3) is 0 Å². The van der Waals surface area contributed by atoms with Crippen LogP contribution in [0.3, 0.4) is 0 Å². The number of hydrogen-bond acceptors (Lipinski definition) is 5. The molecule has 0 amide bonds. The minimum Gasteiger partial charge on any atom is -0.368 e. The summed E-state index contributed by atoms with van der Waals surface area (Å²) < 4.78 is 0. The van der Waals surface area contributed by atoms with Crippen LogP contribution in [-0.2, 0) is 6.54 Å². The summed E-state index contributed by atoms with van der Waals surface area (Å²) in [5.41, 5.74) is 6.06. The Bertz CT molecular complexity index is 1140. The van der Waals surface area contributed by atoms with Gasteiger partial charge in [-0.2, -0.15) is 0 Å². The predicted octanol–water partition coefficient (Wildman–Crippen LogP) is 5.38. The number of pyridine rings is 1. The van der Waals surface area contributed by atoms with E-state index in [1.807, 2.05) is 18.3 Å². The van der Waals surface area contributed by atoms with Gasteiger partial charge in [0, 0.05) is 55.3 Å². The Morgan fingerprint density at radius 3 is 2.77 bits per heavy atom. The van der Waals surface area contributed by atoms with Crippen LogP contribution in [0.15, 0.2) is 66.2 Å². The van der Waals surface area contributed by atoms with E-state index in [0.717, 1.165) is 49.7 Å². The van der Waals surface area contributed by atoms with E-state index in [9.17, 15) is 0 Å². The van der Waals surface area contributed by atoms with Crippen molar-refractivity contribution >= 4 is 27.9 Å². The molecule has 0 radical (unpaired) electrons. The minimum absolute atomic E-state index is 0.921. The molecule has 0 N–H and O–H groups in total. The van der Waals surface area contributed by atoms with Crippen LogP contribution in [0.4, 0.5) is 5.69 Å². The zero-order valence-electron chi connectivity index (χ0n) is 17.3. The van der Waals surface area contributed by atoms with E-state index in [1.54, 1.807) is 11.3 Å². The largest absolute Gasteiger partial charge is 0.368 e. The summed E-state index contributed by atoms with van der Waals surface area (Å²) >= 11 is 1.74. The molecule has 1 aliphatic heterocycles. The highest BCUT2D eigenvalue weighted by molar-refractivity contribution is 7.13. The second kappa shape index (κ2) is 8.54. The van der Waals surface area contributed by atoms with Crippen molar-refractivity contribution < 1.29 is 0 Å². The molecule has 0 atom stereocenters. The molecule has 2 aromatic carbocycles. The predicted molar refractivity (Wildman–Crippen MR) is 126 cm³/mol. The molecule has 152 valence electrons. The Morgan fingerprint density at radius 1 is 0.967 bits per heavy atom. The lowest BCUT2D eigenvalue weighted by atomic mass is 10.1. The van der Waals surface area contributed by atoms with Crippen LogP contribution in [0.25, 0.3) is 21.5 Å². The van der Waals surface area contributed by atoms with Gasteiger partial charge in [-0.1, -0.05) is 36.4 Å². The highest BCUT2D eigenvalue weighted by atomic mass is 32.1. The molecule has 30 heavy (non-hydrogen) atoms. The van der Waals surface area contributed by atoms with Gasteiger partial charge in [-0.3, -0.25) is 9.88 Å². The van der Waals surface area contributed by atoms with Gasteiger partial charge in [0.1, 0.15) is 5.01 Å². The summed E-state index contributed by atoms with van der Waals surface area (Å²) in [4.78, 5) is 14.6. The van der Waals surface area contributed by atoms with Crippen LogP contribution in [0.1, 0.15) is 17.7 Å². The van der Waals surface area contributed by atoms with Crippen LogP contribution in [0.5, 0.6) is 0 Å². The van der Waals surface area contributed by atoms with Crippen molar-refractivity contribution in [3.8, 4) is 10.6 Å². The molecule has 1 aliphatic rings. The monoisotopic (exact) mass is 414 g/mol. The number of hydrogen-bond donors (Lipinski definition) is 0. The van der Waals surface area contributed by atoms with Crippen molar-refractivity contribution in [2.45, 2.75) is 19.9 Å². The number of aromatic nitrogens is 2. The zero-order valence-corrected chi connectivity index (χ0v) is 18.1. The fourth-order valence-electron chi connectivity index (χ4n) is 4.25. The molecule has 0 aliphatic carbocycles. The number of anilines is 1. The van der Waals surface area contributed by atoms with Crippen molar-refractivity contribution in [1.82, 2.24) is 14.9 Å². The van der Waals surface area contributed by atoms with Gasteiger partial charge in [-0.25, -0.2) is 4.98 Å². The standard InChI is InChI=1S/C25H26N4S/c1-19-15-21-9-5-10-26-24(21)23(16-19)29-12-6-11-28(13-14-29)17-22-18-30-25(27-22)20-7-3-2-4-8-20/h2-5,7-10,15-16,18H,6,11-14,17H2,1H3. The van der Waals surface area contributed by atoms with E-state index < -0.39 is 0 Å². The Labute approximate surface area is 181 Å². The normalized spacial score (nSPS) is 15.4. The van der Waals surface area contributed by atoms with Crippen LogP contribution < -0.4 is 4.90 Å². The van der Waals surface area contributed by atoms with Gasteiger partial charge >= 0.3 is 0 Å². The molecule has 5 heteroatoms. The summed E-state index contributed by atoms with van der Waals surface area (Å²) in [6.45, 7) is 7.33. The van der Waals surface area contributed by atoms with Crippen LogP contribution >= 0.6 is 11.3 Å². The molecule has 1 saturated heterocycles. The number of rotatable bonds is 4. The van der Waals surface area contributed by atoms with Crippen molar-refractivity contribution in [2.24, 2.45) is 0 Å². The van der Waals surface area contributed by atoms with E-state index >= 15 is 0 Å². The molecule has 0 unspecified atom stereocenters. The second-order valence-corrected chi connectivity index (χ2v) is 8.84. The average molecular weight is 415 g/mol. The number of benzene rings is 2. The summed E-state index contributed by atoms with van der Waals surface area (Å²) in [6.07, 6.45) is 3.05. The number of fused-ring (bicyclic) bond motifs is 1. The number of aryl methyl sites for hydroxylation is 1. The first kappa shape index (κ1) is 19.2. The third kappa shape index (κ3) is 4.09. The third-order valence-electron chi connectivity index (χ3n) is 5.72. The highest BCUT2D eigenvalue weighted by Gasteiger charge is 2.19. The smallest absolute Gasteiger partial charge is 0.123 e. The highest BCUT2D eigenvalue weighted by Crippen LogP contribution is 2.28. The van der Waals surface area contributed by atoms with E-state index in [1.165, 1.54) is 27.9 Å². The number of thiazole rings is 1. The lowest BCUT2D eigenvalue weighted by molar-refractivity contribution is 0.282. The quantitative estimate of drug-likeness (QED) is 0.449. The van der Waals surface area contributed by atoms with Gasteiger partial charge in [-0.05, 0) is 37.1 Å². The van der Waals surface area contributed by atoms with Crippen molar-refractivity contribution in [3.05, 3.63) is 77.4 Å². The summed E-state index contributed by atoms with van der Waals surface area (Å²) in [7, 11) is 0. The summed E-state index contributed by atoms with van der Waals surface area (Å²) in [5.74, 6) is 0. The maximum atomic E-state index is 4.89. The molecular weight excluding hydrogens is 388 g/mol. The summed E-state index contributed by atoms with van der Waals surface area (Å²) in [5, 5.41) is 4.55. The third-order valence-corrected chi connectivity index (χ3v) is 6.66. The fraction of sp³-hybridized carbons (Fsp3) is 0.280. The van der Waals surface area contributed by atoms with E-state index in [2.05, 4.69) is 69.6 Å². The minimum atomic E-state index is 0.921. The van der Waals surface area contributed by atoms with Crippen molar-refractivity contribution in [1.29, 1.82) is 0 Å².